The van der Waals surface area contributed by atoms with Crippen molar-refractivity contribution in [1.29, 1.82) is 0 Å². The Labute approximate surface area is 171 Å². The fourth-order valence-electron chi connectivity index (χ4n) is 2.46. The third-order valence-electron chi connectivity index (χ3n) is 3.66. The second-order valence-corrected chi connectivity index (χ2v) is 5.42. The first-order chi connectivity index (χ1) is 8.93. The molecule has 20 heavy (non-hydrogen) atoms. The standard InChI is InChI=1S/C18H30.2Na.2H/c1-2-3-4-5-6-7-8-9-10-12-15-18-16-13-11-14-17-18;;;;/h11,13-14,16-17H,2-10,12,15H2,1H3;;;;. The molecule has 0 N–H and O–H groups in total. The monoisotopic (exact) mass is 294 g/mol. The van der Waals surface area contributed by atoms with E-state index in [0.717, 1.165) is 0 Å². The van der Waals surface area contributed by atoms with Crippen molar-refractivity contribution in [3.8, 4) is 0 Å². The number of benzene rings is 1. The Bertz CT molecular complexity index is 272. The van der Waals surface area contributed by atoms with Crippen LogP contribution >= 0.6 is 0 Å². The molecular weight excluding hydrogens is 262 g/mol. The molecule has 0 saturated heterocycles. The Kier molecular flexibility index (Phi) is 21.5. The molecule has 106 valence electrons. The molecule has 0 aliphatic carbocycles. The van der Waals surface area contributed by atoms with Gasteiger partial charge in [0.1, 0.15) is 0 Å². The minimum absolute atomic E-state index is 0. The third-order valence-corrected chi connectivity index (χ3v) is 3.66. The maximum absolute atomic E-state index is 2.28. The van der Waals surface area contributed by atoms with Gasteiger partial charge < -0.3 is 0 Å². The molecule has 0 radical (unpaired) electrons. The van der Waals surface area contributed by atoms with Gasteiger partial charge in [-0.25, -0.2) is 0 Å². The topological polar surface area (TPSA) is 0 Å². The summed E-state index contributed by atoms with van der Waals surface area (Å²) in [5.74, 6) is 0. The molecule has 0 heterocycles. The van der Waals surface area contributed by atoms with Crippen LogP contribution in [0.5, 0.6) is 0 Å². The second-order valence-electron chi connectivity index (χ2n) is 5.42. The minimum atomic E-state index is 0. The summed E-state index contributed by atoms with van der Waals surface area (Å²) in [4.78, 5) is 0. The molecule has 0 fully saturated rings. The van der Waals surface area contributed by atoms with Gasteiger partial charge in [-0.3, -0.25) is 0 Å². The maximum atomic E-state index is 2.28. The van der Waals surface area contributed by atoms with Crippen molar-refractivity contribution in [2.24, 2.45) is 0 Å². The zero-order chi connectivity index (χ0) is 12.9. The van der Waals surface area contributed by atoms with E-state index in [-0.39, 0.29) is 59.1 Å². The molecule has 0 unspecified atom stereocenters. The predicted molar refractivity (Wildman–Crippen MR) is 96.3 cm³/mol. The molecule has 0 aromatic heterocycles. The third kappa shape index (κ3) is 14.2. The average molecular weight is 294 g/mol. The summed E-state index contributed by atoms with van der Waals surface area (Å²) in [5.41, 5.74) is 1.50. The average Bonchev–Trinajstić information content (AvgIpc) is 2.42. The van der Waals surface area contributed by atoms with Crippen LogP contribution < -0.4 is 0 Å². The van der Waals surface area contributed by atoms with Gasteiger partial charge in [0.2, 0.25) is 0 Å². The van der Waals surface area contributed by atoms with E-state index >= 15 is 0 Å². The number of hydrogen-bond donors (Lipinski definition) is 0. The number of rotatable bonds is 11. The van der Waals surface area contributed by atoms with Crippen LogP contribution in [0, 0.1) is 0 Å². The Balaban J connectivity index is 0. The van der Waals surface area contributed by atoms with Gasteiger partial charge in [0.25, 0.3) is 0 Å². The van der Waals surface area contributed by atoms with Crippen LogP contribution in [0.3, 0.4) is 0 Å². The van der Waals surface area contributed by atoms with Crippen LogP contribution in [0.25, 0.3) is 0 Å². The van der Waals surface area contributed by atoms with E-state index < -0.39 is 0 Å². The van der Waals surface area contributed by atoms with Crippen molar-refractivity contribution in [3.63, 3.8) is 0 Å². The molecule has 1 rings (SSSR count). The number of unbranched alkanes of at least 4 members (excludes halogenated alkanes) is 9. The Hall–Kier alpha value is 1.22. The van der Waals surface area contributed by atoms with Crippen molar-refractivity contribution < 1.29 is 0 Å². The van der Waals surface area contributed by atoms with E-state index in [1.54, 1.807) is 0 Å². The summed E-state index contributed by atoms with van der Waals surface area (Å²) in [5, 5.41) is 0. The zero-order valence-electron chi connectivity index (χ0n) is 12.2. The van der Waals surface area contributed by atoms with Crippen molar-refractivity contribution >= 4 is 59.1 Å². The Morgan fingerprint density at radius 2 is 1.05 bits per heavy atom. The quantitative estimate of drug-likeness (QED) is 0.404. The summed E-state index contributed by atoms with van der Waals surface area (Å²) in [6.07, 6.45) is 15.5. The number of aryl methyl sites for hydroxylation is 1. The van der Waals surface area contributed by atoms with Gasteiger partial charge in [-0.05, 0) is 18.4 Å². The van der Waals surface area contributed by atoms with Crippen LogP contribution in [-0.4, -0.2) is 59.1 Å². The van der Waals surface area contributed by atoms with Gasteiger partial charge in [-0.1, -0.05) is 95.0 Å². The first-order valence-electron chi connectivity index (χ1n) is 7.97. The van der Waals surface area contributed by atoms with Gasteiger partial charge in [0, 0.05) is 0 Å². The zero-order valence-corrected chi connectivity index (χ0v) is 12.2. The van der Waals surface area contributed by atoms with Crippen molar-refractivity contribution in [3.05, 3.63) is 35.9 Å². The fourth-order valence-corrected chi connectivity index (χ4v) is 2.46. The van der Waals surface area contributed by atoms with Gasteiger partial charge >= 0.3 is 59.1 Å². The van der Waals surface area contributed by atoms with Crippen LogP contribution in [0.1, 0.15) is 76.7 Å². The van der Waals surface area contributed by atoms with Crippen LogP contribution in [-0.2, 0) is 6.42 Å². The fraction of sp³-hybridized carbons (Fsp3) is 0.667. The second kappa shape index (κ2) is 18.3. The van der Waals surface area contributed by atoms with E-state index in [9.17, 15) is 0 Å². The summed E-state index contributed by atoms with van der Waals surface area (Å²) in [6.45, 7) is 2.28. The summed E-state index contributed by atoms with van der Waals surface area (Å²) in [6, 6.07) is 10.9. The van der Waals surface area contributed by atoms with E-state index in [1.165, 1.54) is 76.2 Å². The molecule has 0 nitrogen and oxygen atoms in total. The van der Waals surface area contributed by atoms with Gasteiger partial charge in [-0.15, -0.1) is 0 Å². The summed E-state index contributed by atoms with van der Waals surface area (Å²) in [7, 11) is 0. The Morgan fingerprint density at radius 1 is 0.600 bits per heavy atom. The molecule has 2 heteroatoms. The molecule has 1 aromatic carbocycles. The van der Waals surface area contributed by atoms with Gasteiger partial charge in [0.15, 0.2) is 0 Å². The van der Waals surface area contributed by atoms with Crippen molar-refractivity contribution in [2.45, 2.75) is 77.6 Å². The summed E-state index contributed by atoms with van der Waals surface area (Å²) < 4.78 is 0. The van der Waals surface area contributed by atoms with Crippen LogP contribution in [0.4, 0.5) is 0 Å². The molecule has 0 aliphatic heterocycles. The van der Waals surface area contributed by atoms with E-state index in [0.29, 0.717) is 0 Å². The molecular formula is C18H32Na2. The van der Waals surface area contributed by atoms with Crippen LogP contribution in [0.2, 0.25) is 0 Å². The Morgan fingerprint density at radius 3 is 1.55 bits per heavy atom. The predicted octanol–water partition coefficient (Wildman–Crippen LogP) is 4.85. The van der Waals surface area contributed by atoms with Crippen LogP contribution in [0.15, 0.2) is 30.3 Å². The van der Waals surface area contributed by atoms with Crippen molar-refractivity contribution in [1.82, 2.24) is 0 Å². The number of hydrogen-bond acceptors (Lipinski definition) is 0. The van der Waals surface area contributed by atoms with Gasteiger partial charge in [0.05, 0.1) is 0 Å². The van der Waals surface area contributed by atoms with Gasteiger partial charge in [-0.2, -0.15) is 0 Å². The normalized spacial score (nSPS) is 9.65. The molecule has 0 bridgehead atoms. The molecule has 0 spiro atoms. The first-order valence-corrected chi connectivity index (χ1v) is 7.97. The summed E-state index contributed by atoms with van der Waals surface area (Å²) >= 11 is 0. The van der Waals surface area contributed by atoms with E-state index in [4.69, 9.17) is 0 Å². The molecule has 0 saturated carbocycles. The molecule has 0 amide bonds. The SMILES string of the molecule is CCCCCCCCCCCCc1ccccc1.[NaH].[NaH]. The molecule has 0 aliphatic rings. The van der Waals surface area contributed by atoms with E-state index in [1.807, 2.05) is 0 Å². The van der Waals surface area contributed by atoms with Crippen molar-refractivity contribution in [2.75, 3.05) is 0 Å². The molecule has 1 aromatic rings. The van der Waals surface area contributed by atoms with E-state index in [2.05, 4.69) is 37.3 Å². The molecule has 0 atom stereocenters. The first kappa shape index (κ1) is 23.5.